The average Bonchev–Trinajstić information content (AvgIpc) is 3.44. The van der Waals surface area contributed by atoms with Crippen molar-refractivity contribution in [1.82, 2.24) is 10.2 Å². The van der Waals surface area contributed by atoms with Crippen LogP contribution < -0.4 is 5.32 Å². The highest BCUT2D eigenvalue weighted by Crippen LogP contribution is 2.52. The first-order chi connectivity index (χ1) is 14.1. The predicted molar refractivity (Wildman–Crippen MR) is 109 cm³/mol. The number of hydrogen-bond acceptors (Lipinski definition) is 3. The van der Waals surface area contributed by atoms with Crippen LogP contribution in [0, 0.1) is 23.7 Å². The highest BCUT2D eigenvalue weighted by Gasteiger charge is 2.59. The van der Waals surface area contributed by atoms with Crippen molar-refractivity contribution in [2.75, 3.05) is 13.1 Å². The molecule has 0 spiro atoms. The SMILES string of the molecule is O=C(CN1C(=O)[C@H]2[C@H](C1=O)[C@H]1C=C[C@H]2C1)NCC1(c2ccccc2)CCCCC1. The van der Waals surface area contributed by atoms with Crippen LogP contribution in [0.25, 0.3) is 0 Å². The second kappa shape index (κ2) is 7.12. The summed E-state index contributed by atoms with van der Waals surface area (Å²) in [6.07, 6.45) is 10.7. The Labute approximate surface area is 171 Å². The number of carbonyl (C=O) groups excluding carboxylic acids is 3. The van der Waals surface area contributed by atoms with E-state index in [-0.39, 0.29) is 53.4 Å². The lowest BCUT2D eigenvalue weighted by molar-refractivity contribution is -0.144. The quantitative estimate of drug-likeness (QED) is 0.619. The van der Waals surface area contributed by atoms with E-state index < -0.39 is 0 Å². The minimum absolute atomic E-state index is 0.0479. The Morgan fingerprint density at radius 3 is 2.21 bits per heavy atom. The fraction of sp³-hybridized carbons (Fsp3) is 0.542. The number of likely N-dealkylation sites (tertiary alicyclic amines) is 1. The Hall–Kier alpha value is -2.43. The van der Waals surface area contributed by atoms with Gasteiger partial charge in [0.05, 0.1) is 11.8 Å². The largest absolute Gasteiger partial charge is 0.354 e. The summed E-state index contributed by atoms with van der Waals surface area (Å²) in [6.45, 7) is 0.417. The zero-order valence-corrected chi connectivity index (χ0v) is 16.7. The monoisotopic (exact) mass is 392 g/mol. The van der Waals surface area contributed by atoms with Crippen molar-refractivity contribution in [3.63, 3.8) is 0 Å². The van der Waals surface area contributed by atoms with Gasteiger partial charge in [0.2, 0.25) is 17.7 Å². The lowest BCUT2D eigenvalue weighted by Crippen LogP contribution is -2.47. The van der Waals surface area contributed by atoms with Gasteiger partial charge in [0, 0.05) is 12.0 Å². The summed E-state index contributed by atoms with van der Waals surface area (Å²) in [5.74, 6) is -0.646. The minimum atomic E-state index is -0.237. The van der Waals surface area contributed by atoms with Crippen LogP contribution in [0.4, 0.5) is 0 Å². The topological polar surface area (TPSA) is 66.5 Å². The van der Waals surface area contributed by atoms with Gasteiger partial charge in [0.25, 0.3) is 0 Å². The van der Waals surface area contributed by atoms with E-state index >= 15 is 0 Å². The van der Waals surface area contributed by atoms with Gasteiger partial charge >= 0.3 is 0 Å². The molecule has 1 N–H and O–H groups in total. The summed E-state index contributed by atoms with van der Waals surface area (Å²) in [5.41, 5.74) is 1.22. The Morgan fingerprint density at radius 1 is 0.966 bits per heavy atom. The molecule has 3 amide bonds. The number of allylic oxidation sites excluding steroid dienone is 2. The summed E-state index contributed by atoms with van der Waals surface area (Å²) >= 11 is 0. The van der Waals surface area contributed by atoms with E-state index in [1.807, 2.05) is 6.07 Å². The van der Waals surface area contributed by atoms with Crippen LogP contribution in [0.5, 0.6) is 0 Å². The maximum Gasteiger partial charge on any atom is 0.240 e. The number of amides is 3. The molecule has 1 aromatic rings. The fourth-order valence-electron chi connectivity index (χ4n) is 6.17. The normalized spacial score (nSPS) is 31.9. The molecule has 5 rings (SSSR count). The third-order valence-electron chi connectivity index (χ3n) is 7.68. The lowest BCUT2D eigenvalue weighted by Gasteiger charge is -2.38. The van der Waals surface area contributed by atoms with Gasteiger partial charge in [-0.25, -0.2) is 0 Å². The first-order valence-electron chi connectivity index (χ1n) is 10.9. The molecule has 5 nitrogen and oxygen atoms in total. The highest BCUT2D eigenvalue weighted by molar-refractivity contribution is 6.08. The van der Waals surface area contributed by atoms with Crippen molar-refractivity contribution in [3.8, 4) is 0 Å². The zero-order valence-electron chi connectivity index (χ0n) is 16.7. The van der Waals surface area contributed by atoms with Crippen molar-refractivity contribution in [2.45, 2.75) is 43.9 Å². The van der Waals surface area contributed by atoms with Gasteiger partial charge < -0.3 is 5.32 Å². The van der Waals surface area contributed by atoms with Crippen molar-refractivity contribution in [2.24, 2.45) is 23.7 Å². The molecule has 0 aromatic heterocycles. The van der Waals surface area contributed by atoms with Gasteiger partial charge in [-0.15, -0.1) is 0 Å². The molecule has 1 aliphatic heterocycles. The maximum absolute atomic E-state index is 12.8. The Morgan fingerprint density at radius 2 is 1.59 bits per heavy atom. The Balaban J connectivity index is 1.25. The molecular formula is C24H28N2O3. The lowest BCUT2D eigenvalue weighted by atomic mass is 9.69. The molecule has 152 valence electrons. The number of benzene rings is 1. The number of hydrogen-bond donors (Lipinski definition) is 1. The summed E-state index contributed by atoms with van der Waals surface area (Å²) in [7, 11) is 0. The van der Waals surface area contributed by atoms with E-state index in [1.54, 1.807) is 0 Å². The number of carbonyl (C=O) groups is 3. The van der Waals surface area contributed by atoms with Crippen molar-refractivity contribution >= 4 is 17.7 Å². The summed E-state index contributed by atoms with van der Waals surface area (Å²) in [5, 5.41) is 3.06. The van der Waals surface area contributed by atoms with Gasteiger partial charge in [-0.3, -0.25) is 19.3 Å². The van der Waals surface area contributed by atoms with E-state index in [2.05, 4.69) is 41.7 Å². The van der Waals surface area contributed by atoms with Gasteiger partial charge in [-0.05, 0) is 36.7 Å². The zero-order chi connectivity index (χ0) is 20.0. The molecule has 1 saturated heterocycles. The molecule has 0 radical (unpaired) electrons. The molecule has 4 aliphatic rings. The molecule has 4 atom stereocenters. The van der Waals surface area contributed by atoms with Crippen molar-refractivity contribution in [3.05, 3.63) is 48.0 Å². The van der Waals surface area contributed by atoms with Gasteiger partial charge in [-0.2, -0.15) is 0 Å². The second-order valence-electron chi connectivity index (χ2n) is 9.25. The molecule has 3 fully saturated rings. The standard InChI is InChI=1S/C24H28N2O3/c27-19(14-26-22(28)20-16-9-10-17(13-16)21(20)23(26)29)25-15-24(11-5-2-6-12-24)18-7-3-1-4-8-18/h1,3-4,7-10,16-17,20-21H,2,5-6,11-15H2,(H,25,27)/t16-,17-,20+,21+/m0/s1. The molecule has 5 heteroatoms. The maximum atomic E-state index is 12.8. The Bertz CT molecular complexity index is 826. The van der Waals surface area contributed by atoms with E-state index in [0.29, 0.717) is 6.54 Å². The smallest absolute Gasteiger partial charge is 0.240 e. The first kappa shape index (κ1) is 18.6. The molecule has 1 heterocycles. The molecule has 1 aromatic carbocycles. The Kier molecular flexibility index (Phi) is 4.56. The summed E-state index contributed by atoms with van der Waals surface area (Å²) < 4.78 is 0. The van der Waals surface area contributed by atoms with Crippen LogP contribution in [-0.4, -0.2) is 35.7 Å². The number of rotatable bonds is 5. The van der Waals surface area contributed by atoms with Crippen LogP contribution in [0.15, 0.2) is 42.5 Å². The number of nitrogens with zero attached hydrogens (tertiary/aromatic N) is 1. The van der Waals surface area contributed by atoms with E-state index in [1.165, 1.54) is 16.9 Å². The van der Waals surface area contributed by atoms with E-state index in [9.17, 15) is 14.4 Å². The molecular weight excluding hydrogens is 364 g/mol. The van der Waals surface area contributed by atoms with Crippen LogP contribution in [-0.2, 0) is 19.8 Å². The fourth-order valence-corrected chi connectivity index (χ4v) is 6.17. The third-order valence-corrected chi connectivity index (χ3v) is 7.68. The molecule has 3 aliphatic carbocycles. The van der Waals surface area contributed by atoms with Gasteiger partial charge in [0.1, 0.15) is 6.54 Å². The van der Waals surface area contributed by atoms with E-state index in [4.69, 9.17) is 0 Å². The van der Waals surface area contributed by atoms with Gasteiger partial charge in [0.15, 0.2) is 0 Å². The average molecular weight is 392 g/mol. The van der Waals surface area contributed by atoms with Crippen LogP contribution in [0.2, 0.25) is 0 Å². The number of imide groups is 1. The van der Waals surface area contributed by atoms with Gasteiger partial charge in [-0.1, -0.05) is 61.7 Å². The van der Waals surface area contributed by atoms with Crippen LogP contribution >= 0.6 is 0 Å². The highest BCUT2D eigenvalue weighted by atomic mass is 16.2. The molecule has 2 bridgehead atoms. The number of nitrogens with one attached hydrogen (secondary N) is 1. The summed E-state index contributed by atoms with van der Waals surface area (Å²) in [6, 6.07) is 10.4. The summed E-state index contributed by atoms with van der Waals surface area (Å²) in [4.78, 5) is 39.6. The van der Waals surface area contributed by atoms with Crippen LogP contribution in [0.3, 0.4) is 0 Å². The second-order valence-corrected chi connectivity index (χ2v) is 9.25. The molecule has 2 saturated carbocycles. The van der Waals surface area contributed by atoms with E-state index in [0.717, 1.165) is 32.1 Å². The van der Waals surface area contributed by atoms with Crippen molar-refractivity contribution in [1.29, 1.82) is 0 Å². The predicted octanol–water partition coefficient (Wildman–Crippen LogP) is 2.81. The van der Waals surface area contributed by atoms with Crippen molar-refractivity contribution < 1.29 is 14.4 Å². The minimum Gasteiger partial charge on any atom is -0.354 e. The first-order valence-corrected chi connectivity index (χ1v) is 10.9. The molecule has 29 heavy (non-hydrogen) atoms. The molecule has 0 unspecified atom stereocenters. The third kappa shape index (κ3) is 3.02. The number of fused-ring (bicyclic) bond motifs is 5. The van der Waals surface area contributed by atoms with Crippen LogP contribution in [0.1, 0.15) is 44.1 Å².